The molecule has 0 aliphatic carbocycles. The molecule has 1 atom stereocenters. The van der Waals surface area contributed by atoms with Crippen LogP contribution in [0.2, 0.25) is 0 Å². The van der Waals surface area contributed by atoms with Crippen LogP contribution >= 0.6 is 0 Å². The first-order chi connectivity index (χ1) is 13.2. The molecule has 0 unspecified atom stereocenters. The number of aromatic nitrogens is 3. The monoisotopic (exact) mass is 365 g/mol. The van der Waals surface area contributed by atoms with E-state index < -0.39 is 0 Å². The Morgan fingerprint density at radius 3 is 3.04 bits per heavy atom. The number of hydrogen-bond donors (Lipinski definition) is 1. The maximum Gasteiger partial charge on any atom is 0.246 e. The lowest BCUT2D eigenvalue weighted by Crippen LogP contribution is -2.43. The number of hydrogen-bond acceptors (Lipinski definition) is 5. The summed E-state index contributed by atoms with van der Waals surface area (Å²) in [7, 11) is 1.52. The van der Waals surface area contributed by atoms with Gasteiger partial charge in [0.15, 0.2) is 0 Å². The van der Waals surface area contributed by atoms with E-state index in [9.17, 15) is 4.79 Å². The molecule has 27 heavy (non-hydrogen) atoms. The first kappa shape index (κ1) is 17.6. The predicted octanol–water partition coefficient (Wildman–Crippen LogP) is 1.75. The summed E-state index contributed by atoms with van der Waals surface area (Å²) < 4.78 is 6.89. The summed E-state index contributed by atoms with van der Waals surface area (Å²) in [6.45, 7) is 2.98. The van der Waals surface area contributed by atoms with Crippen molar-refractivity contribution in [2.24, 2.45) is 0 Å². The Hall–Kier alpha value is -2.77. The van der Waals surface area contributed by atoms with E-state index in [0.717, 1.165) is 41.9 Å². The lowest BCUT2D eigenvalue weighted by molar-refractivity contribution is -0.124. The molecule has 0 spiro atoms. The molecule has 3 heterocycles. The summed E-state index contributed by atoms with van der Waals surface area (Å²) in [6, 6.07) is 14.5. The van der Waals surface area contributed by atoms with Gasteiger partial charge in [-0.25, -0.2) is 0 Å². The number of rotatable bonds is 6. The van der Waals surface area contributed by atoms with Crippen LogP contribution in [0.3, 0.4) is 0 Å². The fraction of sp³-hybridized carbons (Fsp3) is 0.350. The molecule has 140 valence electrons. The first-order valence-corrected chi connectivity index (χ1v) is 9.08. The lowest BCUT2D eigenvalue weighted by atomic mass is 10.1. The molecular weight excluding hydrogens is 342 g/mol. The molecule has 0 saturated heterocycles. The van der Waals surface area contributed by atoms with Crippen molar-refractivity contribution < 1.29 is 9.53 Å². The number of amides is 1. The van der Waals surface area contributed by atoms with Crippen LogP contribution in [0.25, 0.3) is 10.9 Å². The Kier molecular flexibility index (Phi) is 5.13. The number of nitrogens with zero attached hydrogens (tertiary/aromatic N) is 4. The van der Waals surface area contributed by atoms with Gasteiger partial charge in [-0.1, -0.05) is 24.3 Å². The maximum absolute atomic E-state index is 11.7. The molecule has 3 aromatic rings. The van der Waals surface area contributed by atoms with Crippen molar-refractivity contribution in [1.82, 2.24) is 25.0 Å². The minimum absolute atomic E-state index is 0.0728. The van der Waals surface area contributed by atoms with E-state index in [0.29, 0.717) is 6.54 Å². The van der Waals surface area contributed by atoms with Gasteiger partial charge in [0.1, 0.15) is 6.61 Å². The van der Waals surface area contributed by atoms with E-state index in [1.54, 1.807) is 0 Å². The van der Waals surface area contributed by atoms with E-state index in [2.05, 4.69) is 33.5 Å². The maximum atomic E-state index is 11.7. The highest BCUT2D eigenvalue weighted by molar-refractivity contribution is 5.78. The molecule has 0 fully saturated rings. The van der Waals surface area contributed by atoms with Gasteiger partial charge in [0.25, 0.3) is 0 Å². The predicted molar refractivity (Wildman–Crippen MR) is 102 cm³/mol. The number of pyridine rings is 1. The van der Waals surface area contributed by atoms with Crippen molar-refractivity contribution in [2.75, 3.05) is 26.8 Å². The zero-order valence-electron chi connectivity index (χ0n) is 15.3. The third-order valence-electron chi connectivity index (χ3n) is 4.80. The number of para-hydroxylation sites is 1. The van der Waals surface area contributed by atoms with Gasteiger partial charge < -0.3 is 10.1 Å². The normalized spacial score (nSPS) is 17.0. The second-order valence-corrected chi connectivity index (χ2v) is 6.82. The van der Waals surface area contributed by atoms with Gasteiger partial charge in [-0.2, -0.15) is 5.10 Å². The van der Waals surface area contributed by atoms with Crippen LogP contribution in [-0.2, 0) is 22.6 Å². The fourth-order valence-corrected chi connectivity index (χ4v) is 3.58. The Morgan fingerprint density at radius 2 is 2.15 bits per heavy atom. The molecular formula is C20H23N5O2. The zero-order valence-corrected chi connectivity index (χ0v) is 15.3. The second-order valence-electron chi connectivity index (χ2n) is 6.82. The summed E-state index contributed by atoms with van der Waals surface area (Å²) in [5.41, 5.74) is 3.21. The Morgan fingerprint density at radius 1 is 1.26 bits per heavy atom. The summed E-state index contributed by atoms with van der Waals surface area (Å²) in [4.78, 5) is 18.9. The fourth-order valence-electron chi connectivity index (χ4n) is 3.58. The van der Waals surface area contributed by atoms with Gasteiger partial charge in [0.2, 0.25) is 5.91 Å². The van der Waals surface area contributed by atoms with Crippen LogP contribution < -0.4 is 5.32 Å². The second kappa shape index (κ2) is 7.85. The molecule has 1 aliphatic rings. The number of methoxy groups -OCH3 is 1. The molecule has 4 rings (SSSR count). The van der Waals surface area contributed by atoms with Crippen LogP contribution in [0.1, 0.15) is 17.4 Å². The average molecular weight is 365 g/mol. The van der Waals surface area contributed by atoms with Crippen LogP contribution in [0, 0.1) is 0 Å². The van der Waals surface area contributed by atoms with Crippen molar-refractivity contribution in [1.29, 1.82) is 0 Å². The number of benzene rings is 1. The third kappa shape index (κ3) is 3.99. The van der Waals surface area contributed by atoms with Crippen molar-refractivity contribution in [2.45, 2.75) is 19.1 Å². The van der Waals surface area contributed by atoms with Crippen molar-refractivity contribution >= 4 is 16.8 Å². The van der Waals surface area contributed by atoms with Gasteiger partial charge in [-0.15, -0.1) is 0 Å². The topological polar surface area (TPSA) is 72.3 Å². The quantitative estimate of drug-likeness (QED) is 0.721. The summed E-state index contributed by atoms with van der Waals surface area (Å²) >= 11 is 0. The number of fused-ring (bicyclic) bond motifs is 2. The summed E-state index contributed by atoms with van der Waals surface area (Å²) in [6.07, 6.45) is 1.82. The molecule has 0 saturated carbocycles. The van der Waals surface area contributed by atoms with Gasteiger partial charge in [0, 0.05) is 44.9 Å². The molecule has 7 nitrogen and oxygen atoms in total. The Balaban J connectivity index is 1.47. The van der Waals surface area contributed by atoms with E-state index in [-0.39, 0.29) is 18.6 Å². The molecule has 1 aliphatic heterocycles. The Bertz CT molecular complexity index is 939. The molecule has 2 aromatic heterocycles. The van der Waals surface area contributed by atoms with Crippen LogP contribution in [-0.4, -0.2) is 52.4 Å². The minimum atomic E-state index is -0.112. The van der Waals surface area contributed by atoms with E-state index in [4.69, 9.17) is 9.72 Å². The van der Waals surface area contributed by atoms with E-state index in [1.165, 1.54) is 7.11 Å². The van der Waals surface area contributed by atoms with Gasteiger partial charge in [0.05, 0.1) is 22.9 Å². The van der Waals surface area contributed by atoms with Crippen molar-refractivity contribution in [3.05, 3.63) is 60.0 Å². The van der Waals surface area contributed by atoms with Crippen molar-refractivity contribution in [3.8, 4) is 0 Å². The molecule has 1 amide bonds. The molecule has 1 N–H and O–H groups in total. The number of nitrogens with one attached hydrogen (secondary N) is 1. The minimum Gasteiger partial charge on any atom is -0.375 e. The smallest absolute Gasteiger partial charge is 0.246 e. The highest BCUT2D eigenvalue weighted by Gasteiger charge is 2.26. The standard InChI is InChI=1S/C20H23N5O2/c1-27-14-20(26)21-10-18-13-24(12-17-8-9-22-25(17)18)11-16-7-6-15-4-2-3-5-19(15)23-16/h2-9,18H,10-14H2,1H3,(H,21,26)/t18-/m1/s1. The number of ether oxygens (including phenoxy) is 1. The highest BCUT2D eigenvalue weighted by atomic mass is 16.5. The molecule has 1 aromatic carbocycles. The zero-order chi connectivity index (χ0) is 18.6. The lowest BCUT2D eigenvalue weighted by Gasteiger charge is -2.33. The van der Waals surface area contributed by atoms with Crippen LogP contribution in [0.5, 0.6) is 0 Å². The molecule has 7 heteroatoms. The average Bonchev–Trinajstić information content (AvgIpc) is 3.15. The third-order valence-corrected chi connectivity index (χ3v) is 4.80. The van der Waals surface area contributed by atoms with Gasteiger partial charge in [-0.3, -0.25) is 19.4 Å². The summed E-state index contributed by atoms with van der Waals surface area (Å²) in [5, 5.41) is 8.51. The Labute approximate surface area is 157 Å². The first-order valence-electron chi connectivity index (χ1n) is 9.08. The summed E-state index contributed by atoms with van der Waals surface area (Å²) in [5.74, 6) is -0.112. The number of carbonyl (C=O) groups is 1. The SMILES string of the molecule is COCC(=O)NC[C@@H]1CN(Cc2ccc3ccccc3n2)Cc2ccnn21. The van der Waals surface area contributed by atoms with Crippen LogP contribution in [0.15, 0.2) is 48.7 Å². The molecule has 0 radical (unpaired) electrons. The van der Waals surface area contributed by atoms with Crippen LogP contribution in [0.4, 0.5) is 0 Å². The van der Waals surface area contributed by atoms with Crippen molar-refractivity contribution in [3.63, 3.8) is 0 Å². The van der Waals surface area contributed by atoms with E-state index in [1.807, 2.05) is 35.1 Å². The van der Waals surface area contributed by atoms with E-state index >= 15 is 0 Å². The van der Waals surface area contributed by atoms with Gasteiger partial charge >= 0.3 is 0 Å². The number of carbonyl (C=O) groups excluding carboxylic acids is 1. The highest BCUT2D eigenvalue weighted by Crippen LogP contribution is 2.22. The largest absolute Gasteiger partial charge is 0.375 e. The van der Waals surface area contributed by atoms with Gasteiger partial charge in [-0.05, 0) is 18.2 Å². The molecule has 0 bridgehead atoms.